The van der Waals surface area contributed by atoms with E-state index in [0.29, 0.717) is 6.04 Å². The summed E-state index contributed by atoms with van der Waals surface area (Å²) in [6, 6.07) is 10.9. The van der Waals surface area contributed by atoms with Gasteiger partial charge in [-0.2, -0.15) is 0 Å². The Morgan fingerprint density at radius 3 is 2.40 bits per heavy atom. The van der Waals surface area contributed by atoms with E-state index < -0.39 is 0 Å². The highest BCUT2D eigenvalue weighted by Gasteiger charge is 2.28. The van der Waals surface area contributed by atoms with E-state index in [1.807, 2.05) is 7.05 Å². The first-order valence-electron chi connectivity index (χ1n) is 9.37. The smallest absolute Gasteiger partial charge is 0.191 e. The second-order valence-electron chi connectivity index (χ2n) is 6.46. The fourth-order valence-corrected chi connectivity index (χ4v) is 2.94. The summed E-state index contributed by atoms with van der Waals surface area (Å²) in [5, 5.41) is 10.7. The monoisotopic (exact) mass is 348 g/mol. The largest absolute Gasteiger partial charge is 0.385 e. The number of ether oxygens (including phenoxy) is 1. The van der Waals surface area contributed by atoms with E-state index in [2.05, 4.69) is 72.0 Å². The van der Waals surface area contributed by atoms with Crippen LogP contribution >= 0.6 is 0 Å². The van der Waals surface area contributed by atoms with Crippen LogP contribution in [-0.4, -0.2) is 45.4 Å². The summed E-state index contributed by atoms with van der Waals surface area (Å²) < 4.78 is 5.08. The number of guanidine groups is 1. The number of nitrogens with zero attached hydrogens (tertiary/aromatic N) is 1. The van der Waals surface area contributed by atoms with E-state index in [1.165, 1.54) is 5.56 Å². The molecule has 0 fully saturated rings. The fraction of sp³-hybridized carbons (Fsp3) is 0.650. The molecule has 1 aromatic carbocycles. The summed E-state index contributed by atoms with van der Waals surface area (Å²) in [6.45, 7) is 9.16. The molecule has 0 amide bonds. The lowest BCUT2D eigenvalue weighted by Crippen LogP contribution is -2.55. The molecule has 1 rings (SSSR count). The third-order valence-electron chi connectivity index (χ3n) is 4.81. The Hall–Kier alpha value is -1.59. The first kappa shape index (κ1) is 21.5. The van der Waals surface area contributed by atoms with Crippen LogP contribution in [-0.2, 0) is 4.74 Å². The van der Waals surface area contributed by atoms with Gasteiger partial charge in [0.15, 0.2) is 5.96 Å². The maximum absolute atomic E-state index is 5.08. The molecular weight excluding hydrogens is 312 g/mol. The molecule has 0 bridgehead atoms. The summed E-state index contributed by atoms with van der Waals surface area (Å²) in [5.41, 5.74) is 1.34. The molecule has 142 valence electrons. The predicted octanol–water partition coefficient (Wildman–Crippen LogP) is 3.10. The Bertz CT molecular complexity index is 486. The molecule has 0 saturated carbocycles. The number of aliphatic imine (C=N–C) groups is 1. The van der Waals surface area contributed by atoms with Gasteiger partial charge in [-0.15, -0.1) is 0 Å². The van der Waals surface area contributed by atoms with Crippen molar-refractivity contribution in [2.45, 2.75) is 51.6 Å². The molecular formula is C20H36N4O. The maximum atomic E-state index is 5.08. The number of rotatable bonds is 11. The standard InChI is InChI=1S/C20H36N4O/c1-6-20(7-2,24-17(3)18-12-9-8-10-13-18)16-23-19(21-4)22-14-11-15-25-5/h8-10,12-13,17,24H,6-7,11,14-16H2,1-5H3,(H2,21,22,23). The van der Waals surface area contributed by atoms with E-state index in [0.717, 1.165) is 44.9 Å². The number of benzene rings is 1. The maximum Gasteiger partial charge on any atom is 0.191 e. The van der Waals surface area contributed by atoms with Gasteiger partial charge in [0.1, 0.15) is 0 Å². The first-order chi connectivity index (χ1) is 12.1. The van der Waals surface area contributed by atoms with Crippen molar-refractivity contribution in [3.63, 3.8) is 0 Å². The quantitative estimate of drug-likeness (QED) is 0.327. The van der Waals surface area contributed by atoms with Crippen LogP contribution in [0.25, 0.3) is 0 Å². The van der Waals surface area contributed by atoms with E-state index in [9.17, 15) is 0 Å². The Morgan fingerprint density at radius 2 is 1.84 bits per heavy atom. The zero-order valence-corrected chi connectivity index (χ0v) is 16.6. The van der Waals surface area contributed by atoms with Crippen LogP contribution in [0.15, 0.2) is 35.3 Å². The van der Waals surface area contributed by atoms with E-state index in [4.69, 9.17) is 4.74 Å². The molecule has 0 aromatic heterocycles. The Kier molecular flexibility index (Phi) is 10.2. The van der Waals surface area contributed by atoms with Crippen molar-refractivity contribution in [1.29, 1.82) is 0 Å². The highest BCUT2D eigenvalue weighted by atomic mass is 16.5. The van der Waals surface area contributed by atoms with Gasteiger partial charge in [0.05, 0.1) is 0 Å². The average molecular weight is 349 g/mol. The van der Waals surface area contributed by atoms with E-state index in [-0.39, 0.29) is 5.54 Å². The molecule has 0 heterocycles. The Morgan fingerprint density at radius 1 is 1.16 bits per heavy atom. The molecule has 1 atom stereocenters. The van der Waals surface area contributed by atoms with E-state index in [1.54, 1.807) is 7.11 Å². The van der Waals surface area contributed by atoms with Gasteiger partial charge < -0.3 is 20.7 Å². The van der Waals surface area contributed by atoms with Crippen LogP contribution in [0.1, 0.15) is 51.6 Å². The van der Waals surface area contributed by atoms with Crippen molar-refractivity contribution in [3.8, 4) is 0 Å². The lowest BCUT2D eigenvalue weighted by Gasteiger charge is -2.37. The van der Waals surface area contributed by atoms with Crippen molar-refractivity contribution in [3.05, 3.63) is 35.9 Å². The SMILES string of the molecule is CCC(CC)(CNC(=NC)NCCCOC)NC(C)c1ccccc1. The minimum Gasteiger partial charge on any atom is -0.385 e. The Balaban J connectivity index is 2.61. The number of hydrogen-bond acceptors (Lipinski definition) is 3. The molecule has 0 saturated heterocycles. The first-order valence-corrected chi connectivity index (χ1v) is 9.37. The summed E-state index contributed by atoms with van der Waals surface area (Å²) in [6.07, 6.45) is 3.07. The van der Waals surface area contributed by atoms with Crippen LogP contribution in [0.2, 0.25) is 0 Å². The van der Waals surface area contributed by atoms with Crippen LogP contribution in [0.3, 0.4) is 0 Å². The van der Waals surface area contributed by atoms with Gasteiger partial charge in [-0.1, -0.05) is 44.2 Å². The summed E-state index contributed by atoms with van der Waals surface area (Å²) >= 11 is 0. The molecule has 0 spiro atoms. The molecule has 0 aliphatic heterocycles. The second kappa shape index (κ2) is 11.9. The van der Waals surface area contributed by atoms with Gasteiger partial charge in [-0.25, -0.2) is 0 Å². The topological polar surface area (TPSA) is 57.7 Å². The number of hydrogen-bond donors (Lipinski definition) is 3. The lowest BCUT2D eigenvalue weighted by atomic mass is 9.90. The van der Waals surface area contributed by atoms with Crippen LogP contribution in [0.5, 0.6) is 0 Å². The third kappa shape index (κ3) is 7.45. The average Bonchev–Trinajstić information content (AvgIpc) is 2.67. The van der Waals surface area contributed by atoms with Gasteiger partial charge in [-0.05, 0) is 31.7 Å². The van der Waals surface area contributed by atoms with Gasteiger partial charge in [0.2, 0.25) is 0 Å². The highest BCUT2D eigenvalue weighted by Crippen LogP contribution is 2.21. The molecule has 1 aromatic rings. The molecule has 5 nitrogen and oxygen atoms in total. The Labute approximate surface area is 153 Å². The zero-order chi connectivity index (χ0) is 18.5. The number of nitrogens with one attached hydrogen (secondary N) is 3. The van der Waals surface area contributed by atoms with Crippen molar-refractivity contribution in [2.75, 3.05) is 33.9 Å². The van der Waals surface area contributed by atoms with Crippen molar-refractivity contribution in [2.24, 2.45) is 4.99 Å². The van der Waals surface area contributed by atoms with Crippen LogP contribution in [0, 0.1) is 0 Å². The molecule has 0 aliphatic rings. The van der Waals surface area contributed by atoms with Crippen molar-refractivity contribution < 1.29 is 4.74 Å². The van der Waals surface area contributed by atoms with Crippen LogP contribution < -0.4 is 16.0 Å². The predicted molar refractivity (Wildman–Crippen MR) is 107 cm³/mol. The summed E-state index contributed by atoms with van der Waals surface area (Å²) in [7, 11) is 3.54. The third-order valence-corrected chi connectivity index (χ3v) is 4.81. The molecule has 3 N–H and O–H groups in total. The van der Waals surface area contributed by atoms with E-state index >= 15 is 0 Å². The van der Waals surface area contributed by atoms with Crippen molar-refractivity contribution >= 4 is 5.96 Å². The second-order valence-corrected chi connectivity index (χ2v) is 6.46. The highest BCUT2D eigenvalue weighted by molar-refractivity contribution is 5.79. The van der Waals surface area contributed by atoms with Gasteiger partial charge >= 0.3 is 0 Å². The minimum atomic E-state index is 0.0272. The lowest BCUT2D eigenvalue weighted by molar-refractivity contribution is 0.195. The van der Waals surface area contributed by atoms with Gasteiger partial charge in [-0.3, -0.25) is 4.99 Å². The number of methoxy groups -OCH3 is 1. The molecule has 1 unspecified atom stereocenters. The molecule has 0 aliphatic carbocycles. The normalized spacial score (nSPS) is 13.6. The minimum absolute atomic E-state index is 0.0272. The molecule has 5 heteroatoms. The summed E-state index contributed by atoms with van der Waals surface area (Å²) in [5.74, 6) is 0.844. The van der Waals surface area contributed by atoms with Crippen molar-refractivity contribution in [1.82, 2.24) is 16.0 Å². The van der Waals surface area contributed by atoms with Gasteiger partial charge in [0.25, 0.3) is 0 Å². The van der Waals surface area contributed by atoms with Crippen LogP contribution in [0.4, 0.5) is 0 Å². The summed E-state index contributed by atoms with van der Waals surface area (Å²) in [4.78, 5) is 4.32. The molecule has 25 heavy (non-hydrogen) atoms. The molecule has 0 radical (unpaired) electrons. The van der Waals surface area contributed by atoms with Gasteiger partial charge in [0, 0.05) is 45.4 Å². The fourth-order valence-electron chi connectivity index (χ4n) is 2.94. The zero-order valence-electron chi connectivity index (χ0n) is 16.6.